The second-order valence-electron chi connectivity index (χ2n) is 5.84. The van der Waals surface area contributed by atoms with Crippen LogP contribution in [0.2, 0.25) is 0 Å². The molecule has 0 unspecified atom stereocenters. The van der Waals surface area contributed by atoms with Gasteiger partial charge in [0.2, 0.25) is 10.0 Å². The summed E-state index contributed by atoms with van der Waals surface area (Å²) < 4.78 is 27.4. The Morgan fingerprint density at radius 1 is 1.15 bits per heavy atom. The molecule has 0 aliphatic carbocycles. The largest absolute Gasteiger partial charge is 0.301 e. The van der Waals surface area contributed by atoms with Crippen molar-refractivity contribution in [2.45, 2.75) is 50.6 Å². The molecule has 0 spiro atoms. The predicted octanol–water partition coefficient (Wildman–Crippen LogP) is 2.15. The van der Waals surface area contributed by atoms with Gasteiger partial charge in [-0.2, -0.15) is 0 Å². The van der Waals surface area contributed by atoms with Crippen molar-refractivity contribution in [3.63, 3.8) is 0 Å². The maximum atomic E-state index is 12.3. The number of benzene rings is 1. The standard InChI is InChI=1S/C15H24N2O2S/c1-12(2)17-10-8-14(9-11-17)16-20(18,19)15-6-4-13(3)5-7-15/h4-7,12,14,16H,8-11H2,1-3H3. The highest BCUT2D eigenvalue weighted by Crippen LogP contribution is 2.16. The molecule has 1 fully saturated rings. The number of sulfonamides is 1. The Morgan fingerprint density at radius 2 is 1.70 bits per heavy atom. The number of hydrogen-bond acceptors (Lipinski definition) is 3. The first-order valence-electron chi connectivity index (χ1n) is 7.21. The van der Waals surface area contributed by atoms with E-state index in [1.54, 1.807) is 12.1 Å². The molecule has 0 aromatic heterocycles. The molecule has 1 saturated heterocycles. The number of aryl methyl sites for hydroxylation is 1. The minimum Gasteiger partial charge on any atom is -0.301 e. The Labute approximate surface area is 122 Å². The highest BCUT2D eigenvalue weighted by molar-refractivity contribution is 7.89. The van der Waals surface area contributed by atoms with Crippen LogP contribution in [-0.2, 0) is 10.0 Å². The minimum absolute atomic E-state index is 0.0521. The minimum atomic E-state index is -3.38. The third-order valence-electron chi connectivity index (χ3n) is 3.91. The molecule has 0 bridgehead atoms. The summed E-state index contributed by atoms with van der Waals surface area (Å²) in [5.41, 5.74) is 1.06. The molecule has 1 aromatic carbocycles. The van der Waals surface area contributed by atoms with Crippen molar-refractivity contribution < 1.29 is 8.42 Å². The molecule has 2 rings (SSSR count). The average Bonchev–Trinajstić information content (AvgIpc) is 2.39. The summed E-state index contributed by atoms with van der Waals surface area (Å²) in [6, 6.07) is 7.58. The van der Waals surface area contributed by atoms with Crippen LogP contribution >= 0.6 is 0 Å². The Kier molecular flexibility index (Phi) is 4.83. The third-order valence-corrected chi connectivity index (χ3v) is 5.45. The number of nitrogens with one attached hydrogen (secondary N) is 1. The molecule has 1 aliphatic heterocycles. The van der Waals surface area contributed by atoms with Gasteiger partial charge in [0.1, 0.15) is 0 Å². The van der Waals surface area contributed by atoms with Gasteiger partial charge in [0.25, 0.3) is 0 Å². The zero-order valence-corrected chi connectivity index (χ0v) is 13.3. The van der Waals surface area contributed by atoms with E-state index in [0.29, 0.717) is 10.9 Å². The predicted molar refractivity (Wildman–Crippen MR) is 81.2 cm³/mol. The number of hydrogen-bond donors (Lipinski definition) is 1. The van der Waals surface area contributed by atoms with E-state index in [9.17, 15) is 8.42 Å². The summed E-state index contributed by atoms with van der Waals surface area (Å²) in [6.45, 7) is 8.22. The van der Waals surface area contributed by atoms with E-state index in [0.717, 1.165) is 31.5 Å². The topological polar surface area (TPSA) is 49.4 Å². The van der Waals surface area contributed by atoms with Crippen LogP contribution in [0.15, 0.2) is 29.2 Å². The molecule has 4 nitrogen and oxygen atoms in total. The molecule has 1 N–H and O–H groups in total. The van der Waals surface area contributed by atoms with Crippen molar-refractivity contribution in [2.75, 3.05) is 13.1 Å². The molecule has 0 amide bonds. The van der Waals surface area contributed by atoms with Gasteiger partial charge in [0.05, 0.1) is 4.90 Å². The lowest BCUT2D eigenvalue weighted by atomic mass is 10.1. The van der Waals surface area contributed by atoms with Crippen molar-refractivity contribution in [1.82, 2.24) is 9.62 Å². The highest BCUT2D eigenvalue weighted by Gasteiger charge is 2.25. The lowest BCUT2D eigenvalue weighted by molar-refractivity contribution is 0.168. The first kappa shape index (κ1) is 15.5. The maximum Gasteiger partial charge on any atom is 0.240 e. The Morgan fingerprint density at radius 3 is 2.20 bits per heavy atom. The summed E-state index contributed by atoms with van der Waals surface area (Å²) in [5, 5.41) is 0. The van der Waals surface area contributed by atoms with Crippen LogP contribution in [0.3, 0.4) is 0 Å². The third kappa shape index (κ3) is 3.81. The van der Waals surface area contributed by atoms with Crippen molar-refractivity contribution in [2.24, 2.45) is 0 Å². The number of piperidine rings is 1. The zero-order chi connectivity index (χ0) is 14.8. The van der Waals surface area contributed by atoms with E-state index in [1.165, 1.54) is 0 Å². The fourth-order valence-electron chi connectivity index (χ4n) is 2.54. The van der Waals surface area contributed by atoms with Crippen LogP contribution < -0.4 is 4.72 Å². The van der Waals surface area contributed by atoms with Crippen molar-refractivity contribution in [3.8, 4) is 0 Å². The van der Waals surface area contributed by atoms with Gasteiger partial charge in [-0.1, -0.05) is 17.7 Å². The second-order valence-corrected chi connectivity index (χ2v) is 7.55. The fourth-order valence-corrected chi connectivity index (χ4v) is 3.84. The van der Waals surface area contributed by atoms with Gasteiger partial charge in [-0.15, -0.1) is 0 Å². The monoisotopic (exact) mass is 296 g/mol. The molecule has 1 aromatic rings. The summed E-state index contributed by atoms with van der Waals surface area (Å²) in [4.78, 5) is 2.74. The fraction of sp³-hybridized carbons (Fsp3) is 0.600. The van der Waals surface area contributed by atoms with Gasteiger partial charge in [0, 0.05) is 12.1 Å². The van der Waals surface area contributed by atoms with Crippen LogP contribution in [0.25, 0.3) is 0 Å². The van der Waals surface area contributed by atoms with E-state index in [-0.39, 0.29) is 6.04 Å². The van der Waals surface area contributed by atoms with Crippen molar-refractivity contribution in [3.05, 3.63) is 29.8 Å². The van der Waals surface area contributed by atoms with Gasteiger partial charge in [0.15, 0.2) is 0 Å². The van der Waals surface area contributed by atoms with Crippen molar-refractivity contribution in [1.29, 1.82) is 0 Å². The highest BCUT2D eigenvalue weighted by atomic mass is 32.2. The lowest BCUT2D eigenvalue weighted by Gasteiger charge is -2.34. The van der Waals surface area contributed by atoms with Crippen LogP contribution in [0.4, 0.5) is 0 Å². The van der Waals surface area contributed by atoms with Crippen LogP contribution in [0.5, 0.6) is 0 Å². The molecule has 1 aliphatic rings. The number of rotatable bonds is 4. The summed E-state index contributed by atoms with van der Waals surface area (Å²) in [7, 11) is -3.38. The number of nitrogens with zero attached hydrogens (tertiary/aromatic N) is 1. The molecule has 0 radical (unpaired) electrons. The van der Waals surface area contributed by atoms with Gasteiger partial charge < -0.3 is 4.90 Å². The van der Waals surface area contributed by atoms with Gasteiger partial charge >= 0.3 is 0 Å². The van der Waals surface area contributed by atoms with Gasteiger partial charge in [-0.05, 0) is 58.8 Å². The molecule has 20 heavy (non-hydrogen) atoms. The van der Waals surface area contributed by atoms with E-state index in [1.807, 2.05) is 19.1 Å². The molecule has 5 heteroatoms. The SMILES string of the molecule is Cc1ccc(S(=O)(=O)NC2CCN(C(C)C)CC2)cc1. The first-order valence-corrected chi connectivity index (χ1v) is 8.70. The summed E-state index contributed by atoms with van der Waals surface area (Å²) in [6.07, 6.45) is 1.76. The maximum absolute atomic E-state index is 12.3. The quantitative estimate of drug-likeness (QED) is 0.926. The average molecular weight is 296 g/mol. The first-order chi connectivity index (χ1) is 9.38. The van der Waals surface area contributed by atoms with Crippen LogP contribution in [0, 0.1) is 6.92 Å². The van der Waals surface area contributed by atoms with E-state index < -0.39 is 10.0 Å². The van der Waals surface area contributed by atoms with Crippen LogP contribution in [-0.4, -0.2) is 38.5 Å². The van der Waals surface area contributed by atoms with E-state index >= 15 is 0 Å². The Balaban J connectivity index is 1.98. The lowest BCUT2D eigenvalue weighted by Crippen LogP contribution is -2.46. The second kappa shape index (κ2) is 6.24. The number of likely N-dealkylation sites (tertiary alicyclic amines) is 1. The molecule has 1 heterocycles. The summed E-state index contributed by atoms with van der Waals surface area (Å²) >= 11 is 0. The van der Waals surface area contributed by atoms with E-state index in [2.05, 4.69) is 23.5 Å². The molecule has 0 atom stereocenters. The normalized spacial score (nSPS) is 18.6. The molecular weight excluding hydrogens is 272 g/mol. The van der Waals surface area contributed by atoms with E-state index in [4.69, 9.17) is 0 Å². The van der Waals surface area contributed by atoms with Crippen molar-refractivity contribution >= 4 is 10.0 Å². The zero-order valence-electron chi connectivity index (χ0n) is 12.5. The van der Waals surface area contributed by atoms with Gasteiger partial charge in [-0.25, -0.2) is 13.1 Å². The Bertz CT molecular complexity index is 529. The summed E-state index contributed by atoms with van der Waals surface area (Å²) in [5.74, 6) is 0. The molecule has 112 valence electrons. The molecule has 0 saturated carbocycles. The van der Waals surface area contributed by atoms with Gasteiger partial charge in [-0.3, -0.25) is 0 Å². The van der Waals surface area contributed by atoms with Crippen LogP contribution in [0.1, 0.15) is 32.3 Å². The smallest absolute Gasteiger partial charge is 0.240 e. The Hall–Kier alpha value is -0.910. The molecular formula is C15H24N2O2S.